The fraction of sp³-hybridized carbons (Fsp3) is 0.833. The fourth-order valence-electron chi connectivity index (χ4n) is 2.61. The second-order valence-electron chi connectivity index (χ2n) is 6.33. The molecule has 0 amide bonds. The summed E-state index contributed by atoms with van der Waals surface area (Å²) in [5, 5.41) is 75.6. The summed E-state index contributed by atoms with van der Waals surface area (Å²) in [6.07, 6.45) is -17.1. The number of aliphatic hydroxyl groups is 6. The Labute approximate surface area is 318 Å². The minimum atomic E-state index is -6.51. The number of carboxylic acids is 2. The summed E-state index contributed by atoms with van der Waals surface area (Å²) in [6.45, 7) is -2.19. The maximum absolute atomic E-state index is 12.9. The summed E-state index contributed by atoms with van der Waals surface area (Å²) < 4.78 is 49.3. The van der Waals surface area contributed by atoms with Crippen LogP contribution in [-0.2, 0) is 29.0 Å². The number of aliphatic carboxylic acids is 2. The molecule has 3 radical (unpaired) electrons. The van der Waals surface area contributed by atoms with E-state index in [1.165, 1.54) is 0 Å². The van der Waals surface area contributed by atoms with Crippen LogP contribution in [0.1, 0.15) is 0 Å². The van der Waals surface area contributed by atoms with E-state index in [4.69, 9.17) is 26.5 Å². The molecule has 0 bridgehead atoms. The topological polar surface area (TPSA) is 560 Å². The minimum Gasteiger partial charge on any atom is 0 e. The number of rotatable bonds is 8. The van der Waals surface area contributed by atoms with E-state index in [2.05, 4.69) is 7.32 Å². The van der Waals surface area contributed by atoms with E-state index in [0.717, 1.165) is 0 Å². The second-order valence-corrected chi connectivity index (χ2v) is 17.4. The smallest absolute Gasteiger partial charge is 0 e. The van der Waals surface area contributed by atoms with Crippen LogP contribution in [0.15, 0.2) is 0 Å². The van der Waals surface area contributed by atoms with Crippen molar-refractivity contribution < 1.29 is 119 Å². The van der Waals surface area contributed by atoms with Gasteiger partial charge in [0.25, 0.3) is 0 Å². The molecule has 43 heavy (non-hydrogen) atoms. The second kappa shape index (κ2) is 31.6. The quantitative estimate of drug-likeness (QED) is 0.105. The third-order valence-electron chi connectivity index (χ3n) is 4.10. The van der Waals surface area contributed by atoms with Gasteiger partial charge in [0.2, 0.25) is 0 Å². The predicted molar refractivity (Wildman–Crippen MR) is 137 cm³/mol. The predicted octanol–water partition coefficient (Wildman–Crippen LogP) is -14.7. The van der Waals surface area contributed by atoms with Gasteiger partial charge in [0.1, 0.15) is 0 Å². The van der Waals surface area contributed by atoms with Crippen LogP contribution in [0.2, 0.25) is 0 Å². The molecule has 2 rings (SSSR count). The first kappa shape index (κ1) is 75.6. The standard InChI is InChI=1S/2C6H10O7.3Na.9H2O.3O.2Sb/c2*7-1-2(8)3(9)4(10)5(11)6(12)13;;;;;;;;;;;;;;;;;/h2*2-5,7-8,10H,1H2,(H,12,13);;;;9*1H2;;;;;/q2*-2;;;;;;;;;;;;;;;;2*+2/t2*2-,3-,4+,5-;;;;;;;;;;;;;;;;;/m11................./s1. The molecular weight excluding hydrogens is 873 g/mol. The third-order valence-corrected chi connectivity index (χ3v) is 18.5. The zero-order valence-corrected chi connectivity index (χ0v) is 33.8. The van der Waals surface area contributed by atoms with Gasteiger partial charge in [0.15, 0.2) is 0 Å². The van der Waals surface area contributed by atoms with Crippen molar-refractivity contribution in [2.75, 3.05) is 13.2 Å². The normalized spacial score (nSPS) is 31.1. The van der Waals surface area contributed by atoms with Gasteiger partial charge in [0.05, 0.1) is 0 Å². The molecule has 0 aromatic heterocycles. The van der Waals surface area contributed by atoms with Crippen molar-refractivity contribution in [1.29, 1.82) is 0 Å². The van der Waals surface area contributed by atoms with Crippen LogP contribution < -0.4 is 0 Å². The van der Waals surface area contributed by atoms with Gasteiger partial charge in [-0.25, -0.2) is 0 Å². The van der Waals surface area contributed by atoms with E-state index >= 15 is 0 Å². The van der Waals surface area contributed by atoms with E-state index < -0.39 is 114 Å². The summed E-state index contributed by atoms with van der Waals surface area (Å²) >= 11 is -13.0. The van der Waals surface area contributed by atoms with E-state index in [-0.39, 0.29) is 138 Å². The van der Waals surface area contributed by atoms with Gasteiger partial charge < -0.3 is 49.3 Å². The molecule has 0 aromatic carbocycles. The monoisotopic (exact) mass is 909 g/mol. The van der Waals surface area contributed by atoms with Crippen molar-refractivity contribution in [3.63, 3.8) is 0 Å². The van der Waals surface area contributed by atoms with Crippen LogP contribution in [0, 0.1) is 0 Å². The molecule has 0 saturated carbocycles. The maximum Gasteiger partial charge on any atom is 0 e. The molecule has 2 aliphatic heterocycles. The molecule has 26 nitrogen and oxygen atoms in total. The van der Waals surface area contributed by atoms with Gasteiger partial charge in [-0.1, -0.05) is 0 Å². The van der Waals surface area contributed by atoms with Crippen molar-refractivity contribution in [3.05, 3.63) is 0 Å². The Morgan fingerprint density at radius 1 is 0.605 bits per heavy atom. The molecule has 0 spiro atoms. The van der Waals surface area contributed by atoms with Gasteiger partial charge in [0, 0.05) is 88.7 Å². The first-order valence-corrected chi connectivity index (χ1v) is 16.7. The molecule has 31 heteroatoms. The summed E-state index contributed by atoms with van der Waals surface area (Å²) in [4.78, 5) is 22.6. The molecule has 0 aromatic rings. The van der Waals surface area contributed by atoms with E-state index in [0.29, 0.717) is 0 Å². The average molecular weight is 911 g/mol. The number of aliphatic hydroxyl groups excluding tert-OH is 6. The number of hydrogen-bond donors (Lipinski definition) is 8. The maximum atomic E-state index is 12.9. The molecule has 8 atom stereocenters. The van der Waals surface area contributed by atoms with E-state index in [1.807, 2.05) is 0 Å². The molecule has 2 saturated heterocycles. The summed E-state index contributed by atoms with van der Waals surface area (Å²) in [7, 11) is 0. The van der Waals surface area contributed by atoms with Crippen molar-refractivity contribution in [2.45, 2.75) is 48.8 Å². The summed E-state index contributed by atoms with van der Waals surface area (Å²) in [6, 6.07) is 0. The van der Waals surface area contributed by atoms with Crippen molar-refractivity contribution in [2.24, 2.45) is 0 Å². The first-order chi connectivity index (χ1) is 14.3. The number of carbonyl (C=O) groups is 2. The van der Waals surface area contributed by atoms with Gasteiger partial charge in [-0.3, -0.25) is 0 Å². The largest absolute Gasteiger partial charge is 0 e. The number of carboxylic acid groups (broad SMARTS) is 2. The van der Waals surface area contributed by atoms with Gasteiger partial charge in [-0.2, -0.15) is 0 Å². The Morgan fingerprint density at radius 2 is 0.837 bits per heavy atom. The zero-order chi connectivity index (χ0) is 23.7. The van der Waals surface area contributed by atoms with Crippen LogP contribution >= 0.6 is 0 Å². The van der Waals surface area contributed by atoms with Crippen LogP contribution in [0.5, 0.6) is 0 Å². The van der Waals surface area contributed by atoms with E-state index in [9.17, 15) is 36.1 Å². The van der Waals surface area contributed by atoms with Crippen LogP contribution in [-0.4, -0.2) is 293 Å². The molecular formula is C12H38Na3O26Sb2. The van der Waals surface area contributed by atoms with Crippen molar-refractivity contribution >= 4 is 141 Å². The molecule has 2 fully saturated rings. The molecule has 26 N–H and O–H groups in total. The Hall–Kier alpha value is 2.38. The van der Waals surface area contributed by atoms with Crippen LogP contribution in [0.3, 0.4) is 0 Å². The Kier molecular flexibility index (Phi) is 55.6. The molecule has 0 aliphatic carbocycles. The molecule has 255 valence electrons. The first-order valence-electron chi connectivity index (χ1n) is 8.32. The summed E-state index contributed by atoms with van der Waals surface area (Å²) in [5.74, 6) is -3.81. The van der Waals surface area contributed by atoms with Crippen molar-refractivity contribution in [1.82, 2.24) is 0 Å². The van der Waals surface area contributed by atoms with Gasteiger partial charge in [-0.05, 0) is 0 Å². The minimum absolute atomic E-state index is 0. The molecule has 2 heterocycles. The average Bonchev–Trinajstić information content (AvgIpc) is 2.69. The molecule has 2 aliphatic rings. The van der Waals surface area contributed by atoms with Crippen LogP contribution in [0.25, 0.3) is 0 Å². The van der Waals surface area contributed by atoms with Gasteiger partial charge in [-0.15, -0.1) is 0 Å². The zero-order valence-electron chi connectivity index (χ0n) is 22.7. The fourth-order valence-corrected chi connectivity index (χ4v) is 17.7. The van der Waals surface area contributed by atoms with Gasteiger partial charge >= 0.3 is 184 Å². The Balaban J connectivity index is -0.0000000948. The third kappa shape index (κ3) is 19.2. The van der Waals surface area contributed by atoms with E-state index in [1.54, 1.807) is 0 Å². The van der Waals surface area contributed by atoms with Crippen LogP contribution in [0.4, 0.5) is 0 Å². The Morgan fingerprint density at radius 3 is 1.02 bits per heavy atom. The number of hydrogen-bond acceptors (Lipinski definition) is 15. The molecule has 0 unspecified atom stereocenters. The Bertz CT molecular complexity index is 732. The summed E-state index contributed by atoms with van der Waals surface area (Å²) in [5.41, 5.74) is 0. The van der Waals surface area contributed by atoms with Crippen molar-refractivity contribution in [3.8, 4) is 0 Å². The SMILES string of the molecule is O.O.O.O.O.O.O.O.O.O=C(O)[C@@H]1[O][Sb](=[O])([O][Sb]2(=[O])[O][C@H]([C@H](O)CO)[C@H](O)[C@H](C(=O)O)[O]2)[O][C@H]([C@H](O)CO)[C@@H]1O.[Na].[Na].[Na].